The first-order valence-electron chi connectivity index (χ1n) is 19.8. The van der Waals surface area contributed by atoms with E-state index in [1.807, 2.05) is 12.1 Å². The Kier molecular flexibility index (Phi) is 13.0. The summed E-state index contributed by atoms with van der Waals surface area (Å²) >= 11 is 5.48. The third-order valence-electron chi connectivity index (χ3n) is 10.2. The molecule has 5 aromatic carbocycles. The van der Waals surface area contributed by atoms with Gasteiger partial charge in [-0.1, -0.05) is 53.7 Å². The molecule has 326 valence electrons. The number of nitrogens with zero attached hydrogens (tertiary/aromatic N) is 3. The molecule has 8 rings (SSSR count). The van der Waals surface area contributed by atoms with Gasteiger partial charge in [-0.3, -0.25) is 9.88 Å². The number of hydrogen-bond acceptors (Lipinski definition) is 13. The lowest BCUT2D eigenvalue weighted by molar-refractivity contribution is 0.0224. The van der Waals surface area contributed by atoms with Crippen LogP contribution in [0.3, 0.4) is 0 Å². The highest BCUT2D eigenvalue weighted by Gasteiger charge is 2.53. The molecule has 0 amide bonds. The van der Waals surface area contributed by atoms with Crippen molar-refractivity contribution in [2.24, 2.45) is 0 Å². The van der Waals surface area contributed by atoms with E-state index in [2.05, 4.69) is 26.3 Å². The Morgan fingerprint density at radius 2 is 1.56 bits per heavy atom. The van der Waals surface area contributed by atoms with Crippen LogP contribution < -0.4 is 25.4 Å². The largest absolute Gasteiger partial charge is 0.508 e. The molecular formula is C44H43N6O11PS. The molecule has 0 aliphatic carbocycles. The predicted molar refractivity (Wildman–Crippen MR) is 233 cm³/mol. The van der Waals surface area contributed by atoms with E-state index in [-0.39, 0.29) is 24.7 Å². The van der Waals surface area contributed by atoms with Gasteiger partial charge in [0.25, 0.3) is 0 Å². The highest BCUT2D eigenvalue weighted by atomic mass is 32.1. The first-order valence-corrected chi connectivity index (χ1v) is 21.9. The number of anilines is 1. The average molecular weight is 895 g/mol. The summed E-state index contributed by atoms with van der Waals surface area (Å²) < 4.78 is 43.2. The highest BCUT2D eigenvalue weighted by molar-refractivity contribution is 7.80. The van der Waals surface area contributed by atoms with Gasteiger partial charge >= 0.3 is 13.6 Å². The highest BCUT2D eigenvalue weighted by Crippen LogP contribution is 2.57. The minimum Gasteiger partial charge on any atom is -0.508 e. The van der Waals surface area contributed by atoms with Gasteiger partial charge in [-0.15, -0.1) is 5.10 Å². The van der Waals surface area contributed by atoms with E-state index in [9.17, 15) is 29.4 Å². The number of ether oxygens (including phenoxy) is 5. The van der Waals surface area contributed by atoms with Gasteiger partial charge in [0.15, 0.2) is 10.7 Å². The number of aromatic hydroxyl groups is 2. The van der Waals surface area contributed by atoms with Gasteiger partial charge < -0.3 is 54.3 Å². The van der Waals surface area contributed by atoms with E-state index >= 15 is 0 Å². The molecule has 2 aliphatic heterocycles. The molecule has 0 fully saturated rings. The monoisotopic (exact) mass is 894 g/mol. The van der Waals surface area contributed by atoms with Crippen LogP contribution in [0.25, 0.3) is 0 Å². The summed E-state index contributed by atoms with van der Waals surface area (Å²) in [6.07, 6.45) is 1.77. The van der Waals surface area contributed by atoms with E-state index in [0.29, 0.717) is 101 Å². The van der Waals surface area contributed by atoms with Gasteiger partial charge in [0, 0.05) is 47.6 Å². The lowest BCUT2D eigenvalue weighted by Gasteiger charge is -2.36. The van der Waals surface area contributed by atoms with Crippen molar-refractivity contribution >= 4 is 36.6 Å². The summed E-state index contributed by atoms with van der Waals surface area (Å²) in [4.78, 5) is 33.2. The Morgan fingerprint density at radius 3 is 2.29 bits per heavy atom. The average Bonchev–Trinajstić information content (AvgIpc) is 3.83. The minimum absolute atomic E-state index is 0.0216. The van der Waals surface area contributed by atoms with E-state index in [0.717, 1.165) is 5.56 Å². The summed E-state index contributed by atoms with van der Waals surface area (Å²) in [6, 6.07) is 30.3. The second-order valence-corrected chi connectivity index (χ2v) is 16.7. The predicted octanol–water partition coefficient (Wildman–Crippen LogP) is 5.82. The molecule has 0 radical (unpaired) electrons. The van der Waals surface area contributed by atoms with Crippen LogP contribution in [0.2, 0.25) is 0 Å². The summed E-state index contributed by atoms with van der Waals surface area (Å²) in [7, 11) is -4.45. The molecule has 63 heavy (non-hydrogen) atoms. The molecule has 0 saturated heterocycles. The second kappa shape index (κ2) is 18.9. The van der Waals surface area contributed by atoms with Gasteiger partial charge in [-0.2, -0.15) is 0 Å². The number of fused-ring (bicyclic) bond motifs is 6. The number of aromatic nitrogens is 3. The summed E-state index contributed by atoms with van der Waals surface area (Å²) in [6.45, 7) is 2.79. The molecule has 1 aromatic heterocycles. The lowest BCUT2D eigenvalue weighted by Crippen LogP contribution is -2.33. The molecular weight excluding hydrogens is 852 g/mol. The Hall–Kier alpha value is -6.37. The number of phenolic OH excluding ortho intramolecular Hbond substituents is 2. The summed E-state index contributed by atoms with van der Waals surface area (Å²) in [5, 5.41) is 38.1. The Labute approximate surface area is 366 Å². The van der Waals surface area contributed by atoms with Crippen LogP contribution in [0.1, 0.15) is 49.7 Å². The van der Waals surface area contributed by atoms with Gasteiger partial charge in [-0.25, -0.2) is 9.48 Å². The third-order valence-corrected chi connectivity index (χ3v) is 11.6. The van der Waals surface area contributed by atoms with Crippen molar-refractivity contribution in [1.29, 1.82) is 0 Å². The Morgan fingerprint density at radius 1 is 0.841 bits per heavy atom. The standard InChI is InChI=1S/C44H43N6O11PS/c51-32-10-13-37-39(23-32)60-40-24-33(52)11-14-38(40)44(37)36-12-9-30(22-35(36)42(53)61-44)47-43(63)45-15-17-57-19-20-58-18-16-50-26-31(48-49-50)27-59-34-8-4-5-28(21-34)25-46-41(62(54,55)56)29-6-2-1-3-7-29/h1-14,21-24,26,41,46,51-52H,15-20,25,27H2,(H2,45,47,63)(H2,54,55,56). The van der Waals surface area contributed by atoms with Crippen LogP contribution in [-0.4, -0.2) is 79.0 Å². The van der Waals surface area contributed by atoms with Crippen molar-refractivity contribution in [3.63, 3.8) is 0 Å². The van der Waals surface area contributed by atoms with Crippen molar-refractivity contribution < 1.29 is 53.0 Å². The molecule has 1 unspecified atom stereocenters. The quantitative estimate of drug-likeness (QED) is 0.0233. The zero-order chi connectivity index (χ0) is 44.0. The minimum atomic E-state index is -4.45. The fraction of sp³-hybridized carbons (Fsp3) is 0.227. The van der Waals surface area contributed by atoms with Crippen LogP contribution >= 0.6 is 19.8 Å². The summed E-state index contributed by atoms with van der Waals surface area (Å²) in [5.74, 6) is -0.540. The molecule has 0 bridgehead atoms. The van der Waals surface area contributed by atoms with Crippen LogP contribution in [0.15, 0.2) is 115 Å². The molecule has 2 aliphatic rings. The zero-order valence-corrected chi connectivity index (χ0v) is 35.3. The molecule has 19 heteroatoms. The van der Waals surface area contributed by atoms with E-state index < -0.39 is 24.9 Å². The number of nitrogens with one attached hydrogen (secondary N) is 3. The van der Waals surface area contributed by atoms with Crippen molar-refractivity contribution in [2.45, 2.75) is 31.1 Å². The van der Waals surface area contributed by atoms with Crippen molar-refractivity contribution in [1.82, 2.24) is 25.6 Å². The number of carbonyl (C=O) groups excluding carboxylic acids is 1. The van der Waals surface area contributed by atoms with E-state index in [1.165, 1.54) is 24.3 Å². The van der Waals surface area contributed by atoms with E-state index in [4.69, 9.17) is 35.9 Å². The second-order valence-electron chi connectivity index (χ2n) is 14.6. The number of carbonyl (C=O) groups is 1. The van der Waals surface area contributed by atoms with Gasteiger partial charge in [0.05, 0.1) is 44.7 Å². The first kappa shape index (κ1) is 43.3. The molecule has 6 aromatic rings. The maximum Gasteiger partial charge on any atom is 0.346 e. The zero-order valence-electron chi connectivity index (χ0n) is 33.5. The van der Waals surface area contributed by atoms with Gasteiger partial charge in [-0.05, 0) is 71.9 Å². The maximum atomic E-state index is 13.4. The number of phenols is 2. The van der Waals surface area contributed by atoms with E-state index in [1.54, 1.807) is 83.7 Å². The number of esters is 1. The molecule has 3 heterocycles. The fourth-order valence-corrected chi connectivity index (χ4v) is 8.48. The molecule has 7 N–H and O–H groups in total. The third kappa shape index (κ3) is 9.98. The van der Waals surface area contributed by atoms with Crippen molar-refractivity contribution in [3.05, 3.63) is 154 Å². The molecule has 1 atom stereocenters. The first-order chi connectivity index (χ1) is 30.5. The van der Waals surface area contributed by atoms with Crippen LogP contribution in [0.5, 0.6) is 28.7 Å². The Balaban J connectivity index is 0.727. The van der Waals surface area contributed by atoms with Crippen LogP contribution in [0.4, 0.5) is 5.69 Å². The molecule has 1 spiro atoms. The molecule has 17 nitrogen and oxygen atoms in total. The number of benzene rings is 5. The van der Waals surface area contributed by atoms with Crippen molar-refractivity contribution in [3.8, 4) is 28.7 Å². The Bertz CT molecular complexity index is 2610. The van der Waals surface area contributed by atoms with Gasteiger partial charge in [0.2, 0.25) is 0 Å². The van der Waals surface area contributed by atoms with Crippen molar-refractivity contribution in [2.75, 3.05) is 38.3 Å². The SMILES string of the molecule is O=C1OC2(c3ccc(O)cc3Oc3cc(O)ccc32)c2ccc(NC(=S)NCCOCCOCCn3cc(COc4cccc(CNC(c5ccccc5)P(=O)(O)O)c4)nn3)cc21. The van der Waals surface area contributed by atoms with Gasteiger partial charge in [0.1, 0.15) is 46.8 Å². The van der Waals surface area contributed by atoms with Crippen LogP contribution in [-0.2, 0) is 44.1 Å². The smallest absolute Gasteiger partial charge is 0.346 e. The fourth-order valence-electron chi connectivity index (χ4n) is 7.37. The molecule has 0 saturated carbocycles. The number of hydrogen-bond donors (Lipinski definition) is 7. The topological polar surface area (TPSA) is 228 Å². The normalized spacial score (nSPS) is 13.9. The number of thiocarbonyl (C=S) groups is 1. The summed E-state index contributed by atoms with van der Waals surface area (Å²) in [5.41, 5.74) is 3.13. The number of rotatable bonds is 18. The van der Waals surface area contributed by atoms with Crippen LogP contribution in [0, 0.1) is 0 Å². The lowest BCUT2D eigenvalue weighted by atomic mass is 9.77. The maximum absolute atomic E-state index is 13.4.